The van der Waals surface area contributed by atoms with Crippen molar-refractivity contribution in [1.29, 1.82) is 0 Å². The monoisotopic (exact) mass is 664 g/mol. The molecule has 2 N–H and O–H groups in total. The Morgan fingerprint density at radius 3 is 2.52 bits per heavy atom. The first-order valence-corrected chi connectivity index (χ1v) is 15.7. The lowest BCUT2D eigenvalue weighted by atomic mass is 9.81. The van der Waals surface area contributed by atoms with Crippen molar-refractivity contribution in [1.82, 2.24) is 20.2 Å². The maximum absolute atomic E-state index is 15.0. The molecule has 7 rings (SSSR count). The predicted octanol–water partition coefficient (Wildman–Crippen LogP) is 5.43. The Kier molecular flexibility index (Phi) is 7.77. The van der Waals surface area contributed by atoms with Crippen LogP contribution in [0.1, 0.15) is 54.2 Å². The van der Waals surface area contributed by atoms with Crippen LogP contribution in [-0.2, 0) is 15.8 Å². The van der Waals surface area contributed by atoms with E-state index in [9.17, 15) is 32.3 Å². The molecule has 0 bridgehead atoms. The van der Waals surface area contributed by atoms with E-state index in [0.29, 0.717) is 29.7 Å². The first kappa shape index (κ1) is 31.8. The predicted molar refractivity (Wildman–Crippen MR) is 166 cm³/mol. The molecule has 0 spiro atoms. The Balaban J connectivity index is 1.28. The van der Waals surface area contributed by atoms with Gasteiger partial charge in [-0.3, -0.25) is 14.6 Å². The zero-order chi connectivity index (χ0) is 33.8. The number of hydrogen-bond donors (Lipinski definition) is 2. The Morgan fingerprint density at radius 2 is 1.83 bits per heavy atom. The van der Waals surface area contributed by atoms with Gasteiger partial charge in [0.2, 0.25) is 11.5 Å². The van der Waals surface area contributed by atoms with Crippen LogP contribution in [0.15, 0.2) is 60.8 Å². The summed E-state index contributed by atoms with van der Waals surface area (Å²) < 4.78 is 70.7. The lowest BCUT2D eigenvalue weighted by Crippen LogP contribution is -2.52. The lowest BCUT2D eigenvalue weighted by Gasteiger charge is -2.32. The molecule has 4 aromatic rings. The van der Waals surface area contributed by atoms with E-state index in [1.54, 1.807) is 30.2 Å². The molecule has 2 aromatic heterocycles. The van der Waals surface area contributed by atoms with Gasteiger partial charge in [0.25, 0.3) is 5.91 Å². The zero-order valence-electron chi connectivity index (χ0n) is 25.9. The van der Waals surface area contributed by atoms with Gasteiger partial charge in [-0.2, -0.15) is 13.2 Å². The molecule has 250 valence electrons. The second-order valence-electron chi connectivity index (χ2n) is 12.8. The average molecular weight is 665 g/mol. The van der Waals surface area contributed by atoms with Gasteiger partial charge in [-0.25, -0.2) is 9.37 Å². The highest BCUT2D eigenvalue weighted by molar-refractivity contribution is 6.00. The van der Waals surface area contributed by atoms with Crippen LogP contribution in [0.3, 0.4) is 0 Å². The van der Waals surface area contributed by atoms with E-state index in [-0.39, 0.29) is 46.8 Å². The number of amides is 2. The van der Waals surface area contributed by atoms with Crippen molar-refractivity contribution in [3.63, 3.8) is 0 Å². The minimum absolute atomic E-state index is 0.0155. The van der Waals surface area contributed by atoms with Gasteiger partial charge in [-0.15, -0.1) is 0 Å². The minimum Gasteiger partial charge on any atom is -0.489 e. The molecule has 1 saturated carbocycles. The van der Waals surface area contributed by atoms with E-state index in [4.69, 9.17) is 9.47 Å². The largest absolute Gasteiger partial charge is 0.489 e. The summed E-state index contributed by atoms with van der Waals surface area (Å²) in [7, 11) is 0. The molecule has 3 aliphatic rings. The summed E-state index contributed by atoms with van der Waals surface area (Å²) in [6, 6.07) is 12.2. The second kappa shape index (κ2) is 11.7. The molecular formula is C35H32F4N4O5. The summed E-state index contributed by atoms with van der Waals surface area (Å²) in [6.45, 7) is 1.13. The average Bonchev–Trinajstić information content (AvgIpc) is 3.58. The number of benzene rings is 2. The number of alkyl halides is 3. The standard InChI is InChI=1S/C35H32F4N4O5/c1-33(32(45)43-13-2-3-14-43)19-47-30-25(33)17-27(42-29(30)20-6-8-23(36)9-7-20)34(46,35(37,38)39)18-41-31(44)22-15-21-5-4-12-40-28(21)26(16-22)48-24-10-11-24/h4-9,12,15-17,24,46H,2-3,10-11,13-14,18-19H2,1H3,(H,41,44)/t33-,34?/m0/s1. The molecule has 2 aromatic carbocycles. The van der Waals surface area contributed by atoms with Gasteiger partial charge in [-0.05, 0) is 81.1 Å². The van der Waals surface area contributed by atoms with Crippen LogP contribution >= 0.6 is 0 Å². The fourth-order valence-electron chi connectivity index (χ4n) is 6.24. The molecule has 4 heterocycles. The fourth-order valence-corrected chi connectivity index (χ4v) is 6.24. The van der Waals surface area contributed by atoms with Gasteiger partial charge < -0.3 is 24.8 Å². The summed E-state index contributed by atoms with van der Waals surface area (Å²) >= 11 is 0. The second-order valence-corrected chi connectivity index (χ2v) is 12.8. The van der Waals surface area contributed by atoms with E-state index >= 15 is 0 Å². The number of hydrogen-bond acceptors (Lipinski definition) is 7. The highest BCUT2D eigenvalue weighted by Gasteiger charge is 2.58. The van der Waals surface area contributed by atoms with E-state index < -0.39 is 41.2 Å². The van der Waals surface area contributed by atoms with Crippen molar-refractivity contribution < 1.29 is 41.7 Å². The van der Waals surface area contributed by atoms with E-state index in [1.165, 1.54) is 24.3 Å². The SMILES string of the molecule is C[C@]1(C(=O)N2CCCC2)COc2c1cc(C(O)(CNC(=O)c1cc(OC3CC3)c3ncccc3c1)C(F)(F)F)nc2-c1ccc(F)cc1. The van der Waals surface area contributed by atoms with Crippen molar-refractivity contribution in [3.8, 4) is 22.8 Å². The maximum Gasteiger partial charge on any atom is 0.424 e. The number of aliphatic hydroxyl groups is 1. The van der Waals surface area contributed by atoms with Gasteiger partial charge in [0.15, 0.2) is 0 Å². The van der Waals surface area contributed by atoms with Gasteiger partial charge in [-0.1, -0.05) is 6.07 Å². The number of pyridine rings is 2. The van der Waals surface area contributed by atoms with Crippen LogP contribution in [0, 0.1) is 5.82 Å². The molecule has 2 amide bonds. The molecule has 0 radical (unpaired) electrons. The highest BCUT2D eigenvalue weighted by atomic mass is 19.4. The van der Waals surface area contributed by atoms with Crippen molar-refractivity contribution in [3.05, 3.63) is 83.4 Å². The lowest BCUT2D eigenvalue weighted by molar-refractivity contribution is -0.265. The van der Waals surface area contributed by atoms with Crippen LogP contribution in [0.25, 0.3) is 22.2 Å². The Labute approximate surface area is 272 Å². The van der Waals surface area contributed by atoms with E-state index in [2.05, 4.69) is 15.3 Å². The fraction of sp³-hybridized carbons (Fsp3) is 0.371. The molecule has 9 nitrogen and oxygen atoms in total. The summed E-state index contributed by atoms with van der Waals surface area (Å²) in [5.74, 6) is -1.38. The third kappa shape index (κ3) is 5.59. The molecule has 1 aliphatic carbocycles. The van der Waals surface area contributed by atoms with Gasteiger partial charge in [0, 0.05) is 41.4 Å². The van der Waals surface area contributed by atoms with Crippen molar-refractivity contribution in [2.75, 3.05) is 26.2 Å². The number of rotatable bonds is 8. The topological polar surface area (TPSA) is 114 Å². The molecule has 13 heteroatoms. The number of likely N-dealkylation sites (tertiary alicyclic amines) is 1. The number of nitrogens with one attached hydrogen (secondary N) is 1. The molecule has 2 fully saturated rings. The summed E-state index contributed by atoms with van der Waals surface area (Å²) in [5.41, 5.74) is -5.18. The van der Waals surface area contributed by atoms with Crippen molar-refractivity contribution in [2.24, 2.45) is 0 Å². The number of nitrogens with zero attached hydrogens (tertiary/aromatic N) is 3. The molecule has 1 saturated heterocycles. The number of aromatic nitrogens is 2. The van der Waals surface area contributed by atoms with Crippen LogP contribution in [-0.4, -0.2) is 70.3 Å². The maximum atomic E-state index is 15.0. The number of carbonyl (C=O) groups excluding carboxylic acids is 2. The summed E-state index contributed by atoms with van der Waals surface area (Å²) in [4.78, 5) is 37.4. The smallest absolute Gasteiger partial charge is 0.424 e. The molecule has 2 atom stereocenters. The number of fused-ring (bicyclic) bond motifs is 2. The Hall–Kier alpha value is -4.78. The van der Waals surface area contributed by atoms with Gasteiger partial charge in [0.1, 0.15) is 40.5 Å². The van der Waals surface area contributed by atoms with E-state index in [1.807, 2.05) is 0 Å². The van der Waals surface area contributed by atoms with Crippen molar-refractivity contribution >= 4 is 22.7 Å². The summed E-state index contributed by atoms with van der Waals surface area (Å²) in [5, 5.41) is 14.3. The number of ether oxygens (including phenoxy) is 2. The molecule has 48 heavy (non-hydrogen) atoms. The molecule has 2 aliphatic heterocycles. The van der Waals surface area contributed by atoms with Gasteiger partial charge >= 0.3 is 6.18 Å². The minimum atomic E-state index is -5.33. The number of carbonyl (C=O) groups is 2. The Bertz CT molecular complexity index is 1910. The van der Waals surface area contributed by atoms with Crippen LogP contribution in [0.4, 0.5) is 17.6 Å². The van der Waals surface area contributed by atoms with Crippen LogP contribution < -0.4 is 14.8 Å². The third-order valence-electron chi connectivity index (χ3n) is 9.20. The number of halogens is 4. The van der Waals surface area contributed by atoms with Crippen LogP contribution in [0.5, 0.6) is 11.5 Å². The Morgan fingerprint density at radius 1 is 1.10 bits per heavy atom. The van der Waals surface area contributed by atoms with E-state index in [0.717, 1.165) is 43.9 Å². The molecular weight excluding hydrogens is 632 g/mol. The first-order valence-electron chi connectivity index (χ1n) is 15.7. The van der Waals surface area contributed by atoms with Crippen LogP contribution in [0.2, 0.25) is 0 Å². The normalized spacial score (nSPS) is 20.2. The van der Waals surface area contributed by atoms with Gasteiger partial charge in [0.05, 0.1) is 18.3 Å². The van der Waals surface area contributed by atoms with Crippen molar-refractivity contribution in [2.45, 2.75) is 55.9 Å². The zero-order valence-corrected chi connectivity index (χ0v) is 25.9. The highest BCUT2D eigenvalue weighted by Crippen LogP contribution is 2.48. The third-order valence-corrected chi connectivity index (χ3v) is 9.20. The summed E-state index contributed by atoms with van der Waals surface area (Å²) in [6.07, 6.45) is -0.513. The quantitative estimate of drug-likeness (QED) is 0.242. The molecule has 1 unspecified atom stereocenters. The first-order chi connectivity index (χ1) is 22.9.